The van der Waals surface area contributed by atoms with Gasteiger partial charge in [-0.15, -0.1) is 0 Å². The summed E-state index contributed by atoms with van der Waals surface area (Å²) in [5, 5.41) is 14.1. The number of fused-ring (bicyclic) bond motifs is 1. The first-order chi connectivity index (χ1) is 10.5. The van der Waals surface area contributed by atoms with E-state index in [-0.39, 0.29) is 11.4 Å². The molecule has 0 fully saturated rings. The number of nitrogens with zero attached hydrogens (tertiary/aromatic N) is 1. The fourth-order valence-electron chi connectivity index (χ4n) is 2.19. The van der Waals surface area contributed by atoms with E-state index in [1.165, 1.54) is 6.07 Å². The van der Waals surface area contributed by atoms with Gasteiger partial charge in [-0.05, 0) is 29.8 Å². The highest BCUT2D eigenvalue weighted by atomic mass is 79.9. The van der Waals surface area contributed by atoms with Crippen LogP contribution in [0.1, 0.15) is 5.56 Å². The van der Waals surface area contributed by atoms with Crippen molar-refractivity contribution in [2.75, 3.05) is 5.32 Å². The third-order valence-corrected chi connectivity index (χ3v) is 3.71. The van der Waals surface area contributed by atoms with E-state index in [0.29, 0.717) is 22.2 Å². The Labute approximate surface area is 132 Å². The molecule has 22 heavy (non-hydrogen) atoms. The minimum Gasteiger partial charge on any atom is -0.375 e. The predicted molar refractivity (Wildman–Crippen MR) is 87.0 cm³/mol. The Kier molecular flexibility index (Phi) is 3.68. The summed E-state index contributed by atoms with van der Waals surface area (Å²) >= 11 is 3.22. The summed E-state index contributed by atoms with van der Waals surface area (Å²) in [7, 11) is 0. The molecular weight excluding hydrogens is 352 g/mol. The van der Waals surface area contributed by atoms with Crippen LogP contribution in [0.25, 0.3) is 11.0 Å². The lowest BCUT2D eigenvalue weighted by Gasteiger charge is -2.07. The Morgan fingerprint density at radius 2 is 1.91 bits per heavy atom. The molecule has 0 aliphatic heterocycles. The Morgan fingerprint density at radius 3 is 2.68 bits per heavy atom. The van der Waals surface area contributed by atoms with E-state index in [1.807, 2.05) is 12.1 Å². The number of rotatable bonds is 4. The molecule has 1 aromatic heterocycles. The highest BCUT2D eigenvalue weighted by Gasteiger charge is 2.13. The summed E-state index contributed by atoms with van der Waals surface area (Å²) in [4.78, 5) is 27.2. The van der Waals surface area contributed by atoms with Gasteiger partial charge in [0, 0.05) is 17.1 Å². The van der Waals surface area contributed by atoms with Crippen molar-refractivity contribution in [3.63, 3.8) is 0 Å². The molecule has 3 aromatic rings. The molecule has 0 amide bonds. The Bertz CT molecular complexity index is 916. The van der Waals surface area contributed by atoms with Gasteiger partial charge in [0.25, 0.3) is 5.69 Å². The zero-order valence-electron chi connectivity index (χ0n) is 11.2. The van der Waals surface area contributed by atoms with Gasteiger partial charge in [0.2, 0.25) is 0 Å². The van der Waals surface area contributed by atoms with E-state index in [0.717, 1.165) is 11.1 Å². The summed E-state index contributed by atoms with van der Waals surface area (Å²) in [5.41, 5.74) is 2.52. The first-order valence-electron chi connectivity index (χ1n) is 6.42. The normalized spacial score (nSPS) is 10.8. The standard InChI is InChI=1S/C14H11BrN4O3/c15-9-2-4-11(13(6-9)19(21)22)16-7-8-1-3-10-12(5-8)18-14(20)17-10/h1-6,16H,7H2,(H2,17,18,20). The van der Waals surface area contributed by atoms with Crippen LogP contribution in [0.4, 0.5) is 11.4 Å². The molecule has 8 heteroatoms. The highest BCUT2D eigenvalue weighted by Crippen LogP contribution is 2.28. The summed E-state index contributed by atoms with van der Waals surface area (Å²) in [6.07, 6.45) is 0. The van der Waals surface area contributed by atoms with E-state index in [2.05, 4.69) is 31.2 Å². The topological polar surface area (TPSA) is 104 Å². The van der Waals surface area contributed by atoms with Crippen molar-refractivity contribution in [1.29, 1.82) is 0 Å². The molecule has 112 valence electrons. The number of imidazole rings is 1. The lowest BCUT2D eigenvalue weighted by atomic mass is 10.2. The van der Waals surface area contributed by atoms with Crippen LogP contribution < -0.4 is 11.0 Å². The molecular formula is C14H11BrN4O3. The van der Waals surface area contributed by atoms with Crippen molar-refractivity contribution in [3.05, 3.63) is 67.0 Å². The molecule has 3 N–H and O–H groups in total. The first-order valence-corrected chi connectivity index (χ1v) is 7.21. The van der Waals surface area contributed by atoms with Gasteiger partial charge in [-0.1, -0.05) is 22.0 Å². The van der Waals surface area contributed by atoms with Crippen LogP contribution in [-0.2, 0) is 6.54 Å². The zero-order chi connectivity index (χ0) is 15.7. The predicted octanol–water partition coefficient (Wildman–Crippen LogP) is 3.14. The molecule has 0 saturated carbocycles. The molecule has 3 rings (SSSR count). The van der Waals surface area contributed by atoms with Gasteiger partial charge >= 0.3 is 5.69 Å². The second-order valence-electron chi connectivity index (χ2n) is 4.73. The lowest BCUT2D eigenvalue weighted by Crippen LogP contribution is -2.02. The Morgan fingerprint density at radius 1 is 1.14 bits per heavy atom. The van der Waals surface area contributed by atoms with Crippen LogP contribution in [0, 0.1) is 10.1 Å². The number of halogens is 1. The molecule has 0 unspecified atom stereocenters. The van der Waals surface area contributed by atoms with Crippen molar-refractivity contribution < 1.29 is 4.92 Å². The van der Waals surface area contributed by atoms with Crippen molar-refractivity contribution in [1.82, 2.24) is 9.97 Å². The number of nitro benzene ring substituents is 1. The number of benzene rings is 2. The summed E-state index contributed by atoms with van der Waals surface area (Å²) in [6.45, 7) is 0.408. The fourth-order valence-corrected chi connectivity index (χ4v) is 2.54. The Balaban J connectivity index is 1.84. The number of nitrogens with one attached hydrogen (secondary N) is 3. The van der Waals surface area contributed by atoms with Gasteiger partial charge in [0.15, 0.2) is 0 Å². The van der Waals surface area contributed by atoms with Gasteiger partial charge in [0.05, 0.1) is 16.0 Å². The minimum atomic E-state index is -0.431. The molecule has 0 spiro atoms. The van der Waals surface area contributed by atoms with E-state index in [1.54, 1.807) is 18.2 Å². The number of hydrogen-bond acceptors (Lipinski definition) is 4. The molecule has 0 atom stereocenters. The molecule has 0 aliphatic carbocycles. The molecule has 2 aromatic carbocycles. The van der Waals surface area contributed by atoms with Gasteiger partial charge in [-0.3, -0.25) is 10.1 Å². The van der Waals surface area contributed by atoms with Crippen molar-refractivity contribution in [3.8, 4) is 0 Å². The first kappa shape index (κ1) is 14.3. The average molecular weight is 363 g/mol. The molecule has 0 aliphatic rings. The Hall–Kier alpha value is -2.61. The van der Waals surface area contributed by atoms with Crippen molar-refractivity contribution in [2.24, 2.45) is 0 Å². The molecule has 7 nitrogen and oxygen atoms in total. The van der Waals surface area contributed by atoms with Crippen LogP contribution >= 0.6 is 15.9 Å². The van der Waals surface area contributed by atoms with Crippen LogP contribution in [0.15, 0.2) is 45.7 Å². The minimum absolute atomic E-state index is 0.00510. The van der Waals surface area contributed by atoms with Crippen molar-refractivity contribution in [2.45, 2.75) is 6.54 Å². The van der Waals surface area contributed by atoms with E-state index >= 15 is 0 Å². The number of anilines is 1. The van der Waals surface area contributed by atoms with Crippen molar-refractivity contribution >= 4 is 38.3 Å². The smallest absolute Gasteiger partial charge is 0.323 e. The van der Waals surface area contributed by atoms with E-state index in [9.17, 15) is 14.9 Å². The highest BCUT2D eigenvalue weighted by molar-refractivity contribution is 9.10. The van der Waals surface area contributed by atoms with Gasteiger partial charge in [-0.2, -0.15) is 0 Å². The van der Waals surface area contributed by atoms with Crippen LogP contribution in [0.2, 0.25) is 0 Å². The largest absolute Gasteiger partial charge is 0.375 e. The molecule has 0 radical (unpaired) electrons. The summed E-state index contributed by atoms with van der Waals surface area (Å²) in [6, 6.07) is 10.3. The second-order valence-corrected chi connectivity index (χ2v) is 5.65. The molecule has 1 heterocycles. The zero-order valence-corrected chi connectivity index (χ0v) is 12.8. The molecule has 0 saturated heterocycles. The van der Waals surface area contributed by atoms with E-state index < -0.39 is 4.92 Å². The van der Waals surface area contributed by atoms with Crippen LogP contribution in [0.3, 0.4) is 0 Å². The number of nitro groups is 1. The maximum Gasteiger partial charge on any atom is 0.323 e. The third kappa shape index (κ3) is 2.86. The summed E-state index contributed by atoms with van der Waals surface area (Å²) < 4.78 is 0.649. The number of aromatic amines is 2. The maximum absolute atomic E-state index is 11.2. The second kappa shape index (κ2) is 5.64. The third-order valence-electron chi connectivity index (χ3n) is 3.22. The van der Waals surface area contributed by atoms with Crippen LogP contribution in [-0.4, -0.2) is 14.9 Å². The number of hydrogen-bond donors (Lipinski definition) is 3. The average Bonchev–Trinajstić information content (AvgIpc) is 2.85. The summed E-state index contributed by atoms with van der Waals surface area (Å²) in [5.74, 6) is 0. The van der Waals surface area contributed by atoms with Crippen LogP contribution in [0.5, 0.6) is 0 Å². The number of aromatic nitrogens is 2. The number of H-pyrrole nitrogens is 2. The van der Waals surface area contributed by atoms with Gasteiger partial charge < -0.3 is 15.3 Å². The van der Waals surface area contributed by atoms with E-state index in [4.69, 9.17) is 0 Å². The lowest BCUT2D eigenvalue weighted by molar-refractivity contribution is -0.384. The quantitative estimate of drug-likeness (QED) is 0.489. The maximum atomic E-state index is 11.2. The fraction of sp³-hybridized carbons (Fsp3) is 0.0714. The molecule has 0 bridgehead atoms. The van der Waals surface area contributed by atoms with Gasteiger partial charge in [-0.25, -0.2) is 4.79 Å². The monoisotopic (exact) mass is 362 g/mol. The SMILES string of the molecule is O=c1[nH]c2ccc(CNc3ccc(Br)cc3[N+](=O)[O-])cc2[nH]1. The van der Waals surface area contributed by atoms with Gasteiger partial charge in [0.1, 0.15) is 5.69 Å².